The van der Waals surface area contributed by atoms with Crippen LogP contribution in [0.25, 0.3) is 10.9 Å². The largest absolute Gasteiger partial charge is 0.496 e. The van der Waals surface area contributed by atoms with Crippen LogP contribution in [-0.4, -0.2) is 42.0 Å². The average Bonchev–Trinajstić information content (AvgIpc) is 3.22. The molecule has 4 nitrogen and oxygen atoms in total. The number of nitrogens with zero attached hydrogens (tertiary/aromatic N) is 2. The predicted molar refractivity (Wildman–Crippen MR) is 121 cm³/mol. The third-order valence-electron chi connectivity index (χ3n) is 7.00. The fourth-order valence-corrected chi connectivity index (χ4v) is 5.36. The fourth-order valence-electron chi connectivity index (χ4n) is 5.36. The number of Topliss-reactive ketones (excluding diaryl/α,β-unsaturated/α-hetero) is 1. The minimum absolute atomic E-state index is 0.292. The Balaban J connectivity index is 1.26. The maximum Gasteiger partial charge on any atom is 0.163 e. The number of piperidine rings is 1. The zero-order valence-corrected chi connectivity index (χ0v) is 17.8. The summed E-state index contributed by atoms with van der Waals surface area (Å²) in [5.41, 5.74) is 4.76. The van der Waals surface area contributed by atoms with Crippen LogP contribution in [0.3, 0.4) is 0 Å². The second-order valence-corrected chi connectivity index (χ2v) is 8.65. The maximum absolute atomic E-state index is 12.3. The summed E-state index contributed by atoms with van der Waals surface area (Å²) < 4.78 is 8.13. The van der Waals surface area contributed by atoms with E-state index < -0.39 is 0 Å². The summed E-state index contributed by atoms with van der Waals surface area (Å²) in [6.07, 6.45) is 8.21. The molecule has 4 heteroatoms. The summed E-state index contributed by atoms with van der Waals surface area (Å²) in [6, 6.07) is 15.4. The van der Waals surface area contributed by atoms with Crippen molar-refractivity contribution in [1.29, 1.82) is 0 Å². The molecule has 0 amide bonds. The second-order valence-electron chi connectivity index (χ2n) is 8.65. The first-order valence-electron chi connectivity index (χ1n) is 11.2. The lowest BCUT2D eigenvalue weighted by Crippen LogP contribution is -2.36. The number of ketones is 1. The van der Waals surface area contributed by atoms with Gasteiger partial charge in [-0.05, 0) is 72.9 Å². The van der Waals surface area contributed by atoms with E-state index in [9.17, 15) is 4.79 Å². The van der Waals surface area contributed by atoms with Gasteiger partial charge in [-0.1, -0.05) is 18.2 Å². The highest BCUT2D eigenvalue weighted by atomic mass is 16.5. The van der Waals surface area contributed by atoms with E-state index in [1.807, 2.05) is 12.1 Å². The number of hydrogen-bond acceptors (Lipinski definition) is 3. The number of fused-ring (bicyclic) bond motifs is 2. The summed E-state index contributed by atoms with van der Waals surface area (Å²) in [5.74, 6) is 1.23. The van der Waals surface area contributed by atoms with Crippen LogP contribution in [0, 0.1) is 0 Å². The molecule has 1 aliphatic carbocycles. The number of hydrogen-bond donors (Lipinski definition) is 0. The molecule has 1 aromatic heterocycles. The molecule has 0 atom stereocenters. The molecule has 1 fully saturated rings. The normalized spacial score (nSPS) is 18.0. The Morgan fingerprint density at radius 3 is 2.70 bits per heavy atom. The van der Waals surface area contributed by atoms with Crippen molar-refractivity contribution in [3.63, 3.8) is 0 Å². The number of ether oxygens (including phenoxy) is 1. The summed E-state index contributed by atoms with van der Waals surface area (Å²) in [5, 5.41) is 1.33. The molecule has 0 bridgehead atoms. The molecule has 2 aliphatic rings. The highest BCUT2D eigenvalue weighted by molar-refractivity contribution is 5.99. The highest BCUT2D eigenvalue weighted by Gasteiger charge is 2.24. The van der Waals surface area contributed by atoms with Crippen molar-refractivity contribution in [2.24, 2.45) is 0 Å². The van der Waals surface area contributed by atoms with Crippen LogP contribution in [0.1, 0.15) is 53.2 Å². The van der Waals surface area contributed by atoms with Crippen LogP contribution in [0.5, 0.6) is 5.75 Å². The molecule has 0 spiro atoms. The molecule has 0 saturated carbocycles. The van der Waals surface area contributed by atoms with Gasteiger partial charge in [-0.25, -0.2) is 0 Å². The SMILES string of the molecule is COc1ccc2c(c1CCN1CCC(n3ccc4ccccc43)CC1)CCCC2=O. The number of carbonyl (C=O) groups is 1. The molecular formula is C26H30N2O2. The van der Waals surface area contributed by atoms with Crippen molar-refractivity contribution in [1.82, 2.24) is 9.47 Å². The topological polar surface area (TPSA) is 34.5 Å². The van der Waals surface area contributed by atoms with Crippen molar-refractivity contribution < 1.29 is 9.53 Å². The molecule has 3 aromatic rings. The van der Waals surface area contributed by atoms with Crippen molar-refractivity contribution >= 4 is 16.7 Å². The molecule has 2 aromatic carbocycles. The van der Waals surface area contributed by atoms with Crippen molar-refractivity contribution in [2.45, 2.75) is 44.6 Å². The average molecular weight is 403 g/mol. The standard InChI is InChI=1S/C26H30N2O2/c1-30-26-10-9-22-21(6-4-8-25(22)29)23(26)14-17-27-15-12-20(13-16-27)28-18-11-19-5-2-3-7-24(19)28/h2-3,5,7,9-11,18,20H,4,6,8,12-17H2,1H3. The van der Waals surface area contributed by atoms with Gasteiger partial charge in [-0.2, -0.15) is 0 Å². The maximum atomic E-state index is 12.3. The van der Waals surface area contributed by atoms with Gasteiger partial charge in [0.2, 0.25) is 0 Å². The zero-order valence-electron chi connectivity index (χ0n) is 17.8. The predicted octanol–water partition coefficient (Wildman–Crippen LogP) is 5.05. The van der Waals surface area contributed by atoms with E-state index in [4.69, 9.17) is 4.74 Å². The first-order valence-corrected chi connectivity index (χ1v) is 11.2. The lowest BCUT2D eigenvalue weighted by molar-refractivity contribution is 0.0972. The Hall–Kier alpha value is -2.59. The van der Waals surface area contributed by atoms with Crippen LogP contribution in [0.2, 0.25) is 0 Å². The zero-order chi connectivity index (χ0) is 20.5. The molecule has 30 heavy (non-hydrogen) atoms. The quantitative estimate of drug-likeness (QED) is 0.599. The van der Waals surface area contributed by atoms with E-state index in [1.165, 1.54) is 34.9 Å². The Kier molecular flexibility index (Phi) is 5.34. The summed E-state index contributed by atoms with van der Waals surface area (Å²) in [4.78, 5) is 14.9. The van der Waals surface area contributed by atoms with Crippen molar-refractivity contribution in [3.8, 4) is 5.75 Å². The summed E-state index contributed by atoms with van der Waals surface area (Å²) in [6.45, 7) is 3.26. The Morgan fingerprint density at radius 2 is 1.87 bits per heavy atom. The summed E-state index contributed by atoms with van der Waals surface area (Å²) >= 11 is 0. The van der Waals surface area contributed by atoms with Gasteiger partial charge in [0, 0.05) is 49.4 Å². The fraction of sp³-hybridized carbons (Fsp3) is 0.423. The molecule has 0 unspecified atom stereocenters. The van der Waals surface area contributed by atoms with Gasteiger partial charge < -0.3 is 14.2 Å². The number of para-hydroxylation sites is 1. The van der Waals surface area contributed by atoms with Gasteiger partial charge in [0.15, 0.2) is 5.78 Å². The molecule has 156 valence electrons. The van der Waals surface area contributed by atoms with Crippen molar-refractivity contribution in [3.05, 3.63) is 65.4 Å². The van der Waals surface area contributed by atoms with Crippen molar-refractivity contribution in [2.75, 3.05) is 26.7 Å². The van der Waals surface area contributed by atoms with Gasteiger partial charge in [0.25, 0.3) is 0 Å². The Labute approximate surface area is 178 Å². The van der Waals surface area contributed by atoms with E-state index in [-0.39, 0.29) is 0 Å². The van der Waals surface area contributed by atoms with Crippen LogP contribution in [0.15, 0.2) is 48.7 Å². The molecular weight excluding hydrogens is 372 g/mol. The molecule has 1 saturated heterocycles. The lowest BCUT2D eigenvalue weighted by atomic mass is 9.86. The number of methoxy groups -OCH3 is 1. The molecule has 1 aliphatic heterocycles. The van der Waals surface area contributed by atoms with E-state index in [1.54, 1.807) is 7.11 Å². The molecule has 5 rings (SSSR count). The number of benzene rings is 2. The highest BCUT2D eigenvalue weighted by Crippen LogP contribution is 2.32. The molecule has 0 N–H and O–H groups in total. The number of aromatic nitrogens is 1. The second kappa shape index (κ2) is 8.27. The minimum Gasteiger partial charge on any atom is -0.496 e. The van der Waals surface area contributed by atoms with Crippen LogP contribution >= 0.6 is 0 Å². The Morgan fingerprint density at radius 1 is 1.03 bits per heavy atom. The van der Waals surface area contributed by atoms with Gasteiger partial charge in [0.1, 0.15) is 5.75 Å². The lowest BCUT2D eigenvalue weighted by Gasteiger charge is -2.33. The first kappa shape index (κ1) is 19.4. The van der Waals surface area contributed by atoms with Gasteiger partial charge in [0.05, 0.1) is 7.11 Å². The minimum atomic E-state index is 0.292. The third kappa shape index (κ3) is 3.54. The Bertz CT molecular complexity index is 1060. The summed E-state index contributed by atoms with van der Waals surface area (Å²) in [7, 11) is 1.74. The first-order chi connectivity index (χ1) is 14.7. The van der Waals surface area contributed by atoms with E-state index >= 15 is 0 Å². The van der Waals surface area contributed by atoms with Gasteiger partial charge in [-0.3, -0.25) is 4.79 Å². The number of carbonyl (C=O) groups excluding carboxylic acids is 1. The monoisotopic (exact) mass is 402 g/mol. The van der Waals surface area contributed by atoms with Gasteiger partial charge >= 0.3 is 0 Å². The number of likely N-dealkylation sites (tertiary alicyclic amines) is 1. The van der Waals surface area contributed by atoms with E-state index in [0.29, 0.717) is 18.2 Å². The molecule has 2 heterocycles. The van der Waals surface area contributed by atoms with Gasteiger partial charge in [-0.15, -0.1) is 0 Å². The smallest absolute Gasteiger partial charge is 0.163 e. The van der Waals surface area contributed by atoms with E-state index in [2.05, 4.69) is 46.0 Å². The van der Waals surface area contributed by atoms with Crippen LogP contribution in [0.4, 0.5) is 0 Å². The third-order valence-corrected chi connectivity index (χ3v) is 7.00. The number of rotatable bonds is 5. The van der Waals surface area contributed by atoms with E-state index in [0.717, 1.165) is 50.2 Å². The van der Waals surface area contributed by atoms with Crippen LogP contribution in [-0.2, 0) is 12.8 Å². The molecule has 0 radical (unpaired) electrons. The van der Waals surface area contributed by atoms with Crippen LogP contribution < -0.4 is 4.74 Å².